The molecule has 154 valence electrons. The molecule has 0 spiro atoms. The van der Waals surface area contributed by atoms with Gasteiger partial charge in [0.15, 0.2) is 0 Å². The lowest BCUT2D eigenvalue weighted by molar-refractivity contribution is -0.384. The van der Waals surface area contributed by atoms with Gasteiger partial charge in [-0.25, -0.2) is 4.98 Å². The first-order valence-corrected chi connectivity index (χ1v) is 10.3. The molecule has 8 heteroatoms. The Labute approximate surface area is 182 Å². The average Bonchev–Trinajstić information content (AvgIpc) is 3.28. The third-order valence-corrected chi connectivity index (χ3v) is 5.11. The second kappa shape index (κ2) is 9.64. The van der Waals surface area contributed by atoms with E-state index in [1.807, 2.05) is 60.0 Å². The van der Waals surface area contributed by atoms with Gasteiger partial charge in [-0.3, -0.25) is 15.5 Å². The quantitative estimate of drug-likeness (QED) is 0.219. The van der Waals surface area contributed by atoms with E-state index in [1.54, 1.807) is 18.3 Å². The van der Waals surface area contributed by atoms with Crippen molar-refractivity contribution in [1.82, 2.24) is 4.98 Å². The molecule has 0 fully saturated rings. The Balaban J connectivity index is 1.35. The number of hydrogen-bond acceptors (Lipinski definition) is 7. The number of nitro benzene ring substituents is 1. The van der Waals surface area contributed by atoms with E-state index in [0.717, 1.165) is 28.1 Å². The summed E-state index contributed by atoms with van der Waals surface area (Å²) in [5, 5.41) is 17.5. The summed E-state index contributed by atoms with van der Waals surface area (Å²) in [4.78, 5) is 14.8. The number of aromatic nitrogens is 1. The van der Waals surface area contributed by atoms with Crippen molar-refractivity contribution in [2.75, 3.05) is 5.43 Å². The maximum Gasteiger partial charge on any atom is 0.269 e. The largest absolute Gasteiger partial charge is 0.489 e. The number of benzene rings is 3. The van der Waals surface area contributed by atoms with E-state index >= 15 is 0 Å². The molecule has 0 amide bonds. The first-order chi connectivity index (χ1) is 15.2. The summed E-state index contributed by atoms with van der Waals surface area (Å²) in [6, 6.07) is 24.0. The van der Waals surface area contributed by atoms with Gasteiger partial charge in [-0.2, -0.15) is 5.10 Å². The lowest BCUT2D eigenvalue weighted by Gasteiger charge is -2.06. The number of nitrogens with one attached hydrogen (secondary N) is 1. The highest BCUT2D eigenvalue weighted by Gasteiger charge is 2.08. The number of nitro groups is 1. The number of thiazole rings is 1. The van der Waals surface area contributed by atoms with Crippen molar-refractivity contribution in [2.45, 2.75) is 6.61 Å². The SMILES string of the molecule is O=[N+]([O-])c1ccc(-c2csc(NN=Cc3cccc(OCc4ccccc4)c3)n2)cc1. The summed E-state index contributed by atoms with van der Waals surface area (Å²) < 4.78 is 5.84. The molecule has 0 atom stereocenters. The van der Waals surface area contributed by atoms with E-state index in [9.17, 15) is 10.1 Å². The number of hydrogen-bond donors (Lipinski definition) is 1. The predicted molar refractivity (Wildman–Crippen MR) is 123 cm³/mol. The van der Waals surface area contributed by atoms with Crippen LogP contribution in [0.25, 0.3) is 11.3 Å². The summed E-state index contributed by atoms with van der Waals surface area (Å²) >= 11 is 1.40. The molecular weight excluding hydrogens is 412 g/mol. The molecule has 0 aliphatic rings. The van der Waals surface area contributed by atoms with E-state index in [0.29, 0.717) is 11.7 Å². The van der Waals surface area contributed by atoms with Crippen LogP contribution in [0, 0.1) is 10.1 Å². The summed E-state index contributed by atoms with van der Waals surface area (Å²) in [7, 11) is 0. The predicted octanol–water partition coefficient (Wildman–Crippen LogP) is 5.74. The number of hydrazone groups is 1. The minimum atomic E-state index is -0.422. The van der Waals surface area contributed by atoms with Gasteiger partial charge in [0.25, 0.3) is 5.69 Å². The summed E-state index contributed by atoms with van der Waals surface area (Å²) in [6.45, 7) is 0.504. The highest BCUT2D eigenvalue weighted by atomic mass is 32.1. The Morgan fingerprint density at radius 3 is 2.65 bits per heavy atom. The highest BCUT2D eigenvalue weighted by Crippen LogP contribution is 2.26. The van der Waals surface area contributed by atoms with Crippen LogP contribution in [0.4, 0.5) is 10.8 Å². The van der Waals surface area contributed by atoms with Gasteiger partial charge in [-0.15, -0.1) is 11.3 Å². The van der Waals surface area contributed by atoms with Crippen LogP contribution in [-0.2, 0) is 6.61 Å². The van der Waals surface area contributed by atoms with Gasteiger partial charge in [0.1, 0.15) is 12.4 Å². The van der Waals surface area contributed by atoms with Crippen molar-refractivity contribution < 1.29 is 9.66 Å². The smallest absolute Gasteiger partial charge is 0.269 e. The molecule has 0 saturated carbocycles. The Morgan fingerprint density at radius 2 is 1.87 bits per heavy atom. The summed E-state index contributed by atoms with van der Waals surface area (Å²) in [5.74, 6) is 0.766. The number of ether oxygens (including phenoxy) is 1. The topological polar surface area (TPSA) is 89.7 Å². The Bertz CT molecular complexity index is 1190. The van der Waals surface area contributed by atoms with Gasteiger partial charge in [0.05, 0.1) is 16.8 Å². The number of non-ortho nitro benzene ring substituents is 1. The zero-order chi connectivity index (χ0) is 21.5. The molecule has 0 unspecified atom stereocenters. The van der Waals surface area contributed by atoms with E-state index in [2.05, 4.69) is 15.5 Å². The molecule has 0 bridgehead atoms. The fourth-order valence-electron chi connectivity index (χ4n) is 2.80. The molecule has 4 aromatic rings. The van der Waals surface area contributed by atoms with E-state index in [-0.39, 0.29) is 5.69 Å². The molecule has 1 N–H and O–H groups in total. The zero-order valence-electron chi connectivity index (χ0n) is 16.3. The van der Waals surface area contributed by atoms with Crippen LogP contribution in [-0.4, -0.2) is 16.1 Å². The molecule has 1 heterocycles. The molecule has 0 aliphatic heterocycles. The fourth-order valence-corrected chi connectivity index (χ4v) is 3.47. The highest BCUT2D eigenvalue weighted by molar-refractivity contribution is 7.14. The molecule has 31 heavy (non-hydrogen) atoms. The average molecular weight is 430 g/mol. The summed E-state index contributed by atoms with van der Waals surface area (Å²) in [5.41, 5.74) is 6.51. The summed E-state index contributed by atoms with van der Waals surface area (Å²) in [6.07, 6.45) is 1.70. The molecule has 1 aromatic heterocycles. The molecule has 0 aliphatic carbocycles. The Kier molecular flexibility index (Phi) is 6.29. The van der Waals surface area contributed by atoms with Crippen molar-refractivity contribution >= 4 is 28.4 Å². The Hall–Kier alpha value is -4.04. The molecular formula is C23H18N4O3S. The lowest BCUT2D eigenvalue weighted by Crippen LogP contribution is -1.96. The second-order valence-corrected chi connectivity index (χ2v) is 7.42. The van der Waals surface area contributed by atoms with Crippen LogP contribution < -0.4 is 10.2 Å². The number of rotatable bonds is 8. The third kappa shape index (κ3) is 5.52. The zero-order valence-corrected chi connectivity index (χ0v) is 17.2. The monoisotopic (exact) mass is 430 g/mol. The minimum absolute atomic E-state index is 0.0527. The van der Waals surface area contributed by atoms with E-state index < -0.39 is 4.92 Å². The van der Waals surface area contributed by atoms with Crippen molar-refractivity contribution in [2.24, 2.45) is 5.10 Å². The van der Waals surface area contributed by atoms with Crippen LogP contribution in [0.3, 0.4) is 0 Å². The van der Waals surface area contributed by atoms with Crippen LogP contribution in [0.5, 0.6) is 5.75 Å². The maximum absolute atomic E-state index is 10.8. The van der Waals surface area contributed by atoms with Crippen molar-refractivity contribution in [3.8, 4) is 17.0 Å². The van der Waals surface area contributed by atoms with Gasteiger partial charge in [0.2, 0.25) is 5.13 Å². The Morgan fingerprint density at radius 1 is 1.06 bits per heavy atom. The van der Waals surface area contributed by atoms with Crippen molar-refractivity contribution in [3.63, 3.8) is 0 Å². The molecule has 7 nitrogen and oxygen atoms in total. The van der Waals surface area contributed by atoms with E-state index in [4.69, 9.17) is 4.74 Å². The van der Waals surface area contributed by atoms with Gasteiger partial charge in [0, 0.05) is 23.1 Å². The number of anilines is 1. The van der Waals surface area contributed by atoms with Gasteiger partial charge >= 0.3 is 0 Å². The van der Waals surface area contributed by atoms with E-state index in [1.165, 1.54) is 23.5 Å². The van der Waals surface area contributed by atoms with Gasteiger partial charge < -0.3 is 4.74 Å². The first kappa shape index (κ1) is 20.2. The molecule has 3 aromatic carbocycles. The van der Waals surface area contributed by atoms with Crippen LogP contribution >= 0.6 is 11.3 Å². The normalized spacial score (nSPS) is 10.8. The molecule has 0 saturated heterocycles. The minimum Gasteiger partial charge on any atom is -0.489 e. The van der Waals surface area contributed by atoms with Crippen LogP contribution in [0.1, 0.15) is 11.1 Å². The van der Waals surface area contributed by atoms with Gasteiger partial charge in [-0.05, 0) is 35.4 Å². The standard InChI is InChI=1S/C23H18N4O3S/c28-27(29)20-11-9-19(10-12-20)22-16-31-23(25-22)26-24-14-18-7-4-8-21(13-18)30-15-17-5-2-1-3-6-17/h1-14,16H,15H2,(H,25,26). The van der Waals surface area contributed by atoms with Gasteiger partial charge in [-0.1, -0.05) is 42.5 Å². The molecule has 0 radical (unpaired) electrons. The maximum atomic E-state index is 10.8. The second-order valence-electron chi connectivity index (χ2n) is 6.56. The van der Waals surface area contributed by atoms with Crippen LogP contribution in [0.15, 0.2) is 89.3 Å². The molecule has 4 rings (SSSR count). The first-order valence-electron chi connectivity index (χ1n) is 9.43. The van der Waals surface area contributed by atoms with Crippen LogP contribution in [0.2, 0.25) is 0 Å². The van der Waals surface area contributed by atoms with Crippen molar-refractivity contribution in [1.29, 1.82) is 0 Å². The number of nitrogens with zero attached hydrogens (tertiary/aromatic N) is 3. The third-order valence-electron chi connectivity index (χ3n) is 4.36. The fraction of sp³-hybridized carbons (Fsp3) is 0.0435. The lowest BCUT2D eigenvalue weighted by atomic mass is 10.1. The van der Waals surface area contributed by atoms with Crippen molar-refractivity contribution in [3.05, 3.63) is 105 Å².